The van der Waals surface area contributed by atoms with Gasteiger partial charge in [0.2, 0.25) is 0 Å². The minimum absolute atomic E-state index is 0.437. The van der Waals surface area contributed by atoms with E-state index in [1.807, 2.05) is 37.0 Å². The average molecular weight is 351 g/mol. The van der Waals surface area contributed by atoms with Gasteiger partial charge in [-0.15, -0.1) is 11.3 Å². The number of hydrogen-bond donors (Lipinski definition) is 0. The van der Waals surface area contributed by atoms with E-state index in [4.69, 9.17) is 9.97 Å². The van der Waals surface area contributed by atoms with Gasteiger partial charge in [-0.25, -0.2) is 15.0 Å². The zero-order valence-electron chi connectivity index (χ0n) is 14.3. The van der Waals surface area contributed by atoms with Gasteiger partial charge in [-0.05, 0) is 56.6 Å². The highest BCUT2D eigenvalue weighted by Crippen LogP contribution is 2.29. The van der Waals surface area contributed by atoms with Gasteiger partial charge in [0.1, 0.15) is 16.5 Å². The minimum atomic E-state index is 0.437. The molecule has 5 nitrogen and oxygen atoms in total. The molecular weight excluding hydrogens is 330 g/mol. The molecule has 0 unspecified atom stereocenters. The number of piperidine rings is 1. The Hall–Kier alpha value is -2.18. The molecule has 3 aromatic rings. The van der Waals surface area contributed by atoms with E-state index in [0.29, 0.717) is 5.92 Å². The van der Waals surface area contributed by atoms with Crippen LogP contribution < -0.4 is 0 Å². The first-order valence-corrected chi connectivity index (χ1v) is 9.52. The van der Waals surface area contributed by atoms with Crippen LogP contribution in [0.2, 0.25) is 0 Å². The van der Waals surface area contributed by atoms with Crippen LogP contribution in [0.1, 0.15) is 35.8 Å². The lowest BCUT2D eigenvalue weighted by molar-refractivity contribution is 0.201. The van der Waals surface area contributed by atoms with Gasteiger partial charge in [0.15, 0.2) is 0 Å². The fraction of sp³-hybridized carbons (Fsp3) is 0.368. The van der Waals surface area contributed by atoms with E-state index < -0.39 is 0 Å². The monoisotopic (exact) mass is 351 g/mol. The number of aryl methyl sites for hydroxylation is 1. The summed E-state index contributed by atoms with van der Waals surface area (Å²) < 4.78 is 0. The molecule has 25 heavy (non-hydrogen) atoms. The summed E-state index contributed by atoms with van der Waals surface area (Å²) in [7, 11) is 0. The second kappa shape index (κ2) is 7.37. The van der Waals surface area contributed by atoms with Crippen LogP contribution in [-0.2, 0) is 6.54 Å². The molecule has 0 amide bonds. The molecule has 1 aliphatic rings. The van der Waals surface area contributed by atoms with Crippen molar-refractivity contribution in [2.75, 3.05) is 13.1 Å². The Bertz CT molecular complexity index is 811. The van der Waals surface area contributed by atoms with E-state index in [0.717, 1.165) is 54.7 Å². The standard InChI is InChI=1S/C19H21N5S/c1-14-12-17(19-21-8-11-25-19)23-18(22-14)16-4-9-24(10-5-16)13-15-2-6-20-7-3-15/h2-3,6-8,11-12,16H,4-5,9-10,13H2,1H3. The molecular formula is C19H21N5S. The van der Waals surface area contributed by atoms with Gasteiger partial charge in [-0.1, -0.05) is 0 Å². The SMILES string of the molecule is Cc1cc(-c2nccs2)nc(C2CCN(Cc3ccncc3)CC2)n1. The van der Waals surface area contributed by atoms with E-state index in [9.17, 15) is 0 Å². The predicted octanol–water partition coefficient (Wildman–Crippen LogP) is 3.68. The first-order chi connectivity index (χ1) is 12.3. The maximum Gasteiger partial charge on any atom is 0.141 e. The van der Waals surface area contributed by atoms with Crippen molar-refractivity contribution in [3.05, 3.63) is 59.3 Å². The fourth-order valence-electron chi connectivity index (χ4n) is 3.33. The molecule has 0 atom stereocenters. The molecule has 0 aromatic carbocycles. The average Bonchev–Trinajstić information content (AvgIpc) is 3.17. The Kier molecular flexibility index (Phi) is 4.81. The van der Waals surface area contributed by atoms with Crippen LogP contribution in [-0.4, -0.2) is 37.9 Å². The third-order valence-electron chi connectivity index (χ3n) is 4.63. The lowest BCUT2D eigenvalue weighted by Gasteiger charge is -2.31. The van der Waals surface area contributed by atoms with Crippen molar-refractivity contribution in [3.8, 4) is 10.7 Å². The lowest BCUT2D eigenvalue weighted by atomic mass is 9.95. The number of pyridine rings is 1. The molecule has 0 bridgehead atoms. The van der Waals surface area contributed by atoms with Crippen molar-refractivity contribution in [2.45, 2.75) is 32.2 Å². The second-order valence-corrected chi connectivity index (χ2v) is 7.39. The smallest absolute Gasteiger partial charge is 0.141 e. The lowest BCUT2D eigenvalue weighted by Crippen LogP contribution is -2.33. The Morgan fingerprint density at radius 3 is 2.64 bits per heavy atom. The zero-order valence-corrected chi connectivity index (χ0v) is 15.1. The molecule has 0 saturated carbocycles. The highest BCUT2D eigenvalue weighted by Gasteiger charge is 2.23. The van der Waals surface area contributed by atoms with Crippen molar-refractivity contribution < 1.29 is 0 Å². The first kappa shape index (κ1) is 16.3. The molecule has 1 saturated heterocycles. The van der Waals surface area contributed by atoms with Crippen LogP contribution >= 0.6 is 11.3 Å². The molecule has 3 aromatic heterocycles. The Labute approximate surface area is 151 Å². The number of thiazole rings is 1. The van der Waals surface area contributed by atoms with Gasteiger partial charge in [0.25, 0.3) is 0 Å². The van der Waals surface area contributed by atoms with E-state index >= 15 is 0 Å². The summed E-state index contributed by atoms with van der Waals surface area (Å²) in [6, 6.07) is 6.22. The molecule has 0 radical (unpaired) electrons. The van der Waals surface area contributed by atoms with Crippen molar-refractivity contribution >= 4 is 11.3 Å². The van der Waals surface area contributed by atoms with Gasteiger partial charge in [0, 0.05) is 42.1 Å². The van der Waals surface area contributed by atoms with Crippen molar-refractivity contribution in [3.63, 3.8) is 0 Å². The number of rotatable bonds is 4. The van der Waals surface area contributed by atoms with Crippen LogP contribution in [0.3, 0.4) is 0 Å². The van der Waals surface area contributed by atoms with Gasteiger partial charge < -0.3 is 0 Å². The van der Waals surface area contributed by atoms with Crippen LogP contribution in [0.4, 0.5) is 0 Å². The molecule has 6 heteroatoms. The third-order valence-corrected chi connectivity index (χ3v) is 5.43. The van der Waals surface area contributed by atoms with Crippen LogP contribution in [0.25, 0.3) is 10.7 Å². The summed E-state index contributed by atoms with van der Waals surface area (Å²) in [5, 5.41) is 2.96. The highest BCUT2D eigenvalue weighted by molar-refractivity contribution is 7.13. The van der Waals surface area contributed by atoms with Crippen LogP contribution in [0.15, 0.2) is 42.2 Å². The second-order valence-electron chi connectivity index (χ2n) is 6.50. The maximum atomic E-state index is 4.82. The first-order valence-electron chi connectivity index (χ1n) is 8.64. The van der Waals surface area contributed by atoms with Gasteiger partial charge in [-0.3, -0.25) is 9.88 Å². The summed E-state index contributed by atoms with van der Waals surface area (Å²) in [6.45, 7) is 5.20. The molecule has 4 heterocycles. The molecule has 0 N–H and O–H groups in total. The van der Waals surface area contributed by atoms with E-state index in [1.54, 1.807) is 11.3 Å². The summed E-state index contributed by atoms with van der Waals surface area (Å²) in [5.74, 6) is 1.42. The molecule has 128 valence electrons. The van der Waals surface area contributed by atoms with E-state index in [2.05, 4.69) is 27.0 Å². The third kappa shape index (κ3) is 3.91. The largest absolute Gasteiger partial charge is 0.299 e. The van der Waals surface area contributed by atoms with Crippen LogP contribution in [0, 0.1) is 6.92 Å². The molecule has 4 rings (SSSR count). The molecule has 0 aliphatic carbocycles. The number of likely N-dealkylation sites (tertiary alicyclic amines) is 1. The van der Waals surface area contributed by atoms with Gasteiger partial charge in [0.05, 0.1) is 0 Å². The summed E-state index contributed by atoms with van der Waals surface area (Å²) in [5.41, 5.74) is 3.30. The van der Waals surface area contributed by atoms with Gasteiger partial charge in [-0.2, -0.15) is 0 Å². The predicted molar refractivity (Wildman–Crippen MR) is 99.4 cm³/mol. The maximum absolute atomic E-state index is 4.82. The fourth-order valence-corrected chi connectivity index (χ4v) is 3.93. The number of hydrogen-bond acceptors (Lipinski definition) is 6. The topological polar surface area (TPSA) is 54.8 Å². The molecule has 1 aliphatic heterocycles. The normalized spacial score (nSPS) is 16.2. The Morgan fingerprint density at radius 2 is 1.92 bits per heavy atom. The van der Waals surface area contributed by atoms with Crippen molar-refractivity contribution in [2.24, 2.45) is 0 Å². The molecule has 1 fully saturated rings. The highest BCUT2D eigenvalue weighted by atomic mass is 32.1. The molecule has 0 spiro atoms. The number of nitrogens with zero attached hydrogens (tertiary/aromatic N) is 5. The summed E-state index contributed by atoms with van der Waals surface area (Å²) in [6.07, 6.45) is 7.76. The number of aromatic nitrogens is 4. The van der Waals surface area contributed by atoms with Crippen molar-refractivity contribution in [1.82, 2.24) is 24.8 Å². The minimum Gasteiger partial charge on any atom is -0.299 e. The van der Waals surface area contributed by atoms with Gasteiger partial charge >= 0.3 is 0 Å². The Morgan fingerprint density at radius 1 is 1.12 bits per heavy atom. The van der Waals surface area contributed by atoms with E-state index in [1.165, 1.54) is 5.56 Å². The van der Waals surface area contributed by atoms with Crippen molar-refractivity contribution in [1.29, 1.82) is 0 Å². The Balaban J connectivity index is 1.44. The van der Waals surface area contributed by atoms with E-state index in [-0.39, 0.29) is 0 Å². The zero-order chi connectivity index (χ0) is 17.1. The van der Waals surface area contributed by atoms with Crippen LogP contribution in [0.5, 0.6) is 0 Å². The summed E-state index contributed by atoms with van der Waals surface area (Å²) >= 11 is 1.63. The quantitative estimate of drug-likeness (QED) is 0.718. The summed E-state index contributed by atoms with van der Waals surface area (Å²) in [4.78, 5) is 20.5.